The van der Waals surface area contributed by atoms with Gasteiger partial charge < -0.3 is 4.57 Å². The van der Waals surface area contributed by atoms with Crippen LogP contribution < -0.4 is 0 Å². The fourth-order valence-corrected chi connectivity index (χ4v) is 3.17. The minimum Gasteiger partial charge on any atom is -0.308 e. The molecule has 20 heavy (non-hydrogen) atoms. The van der Waals surface area contributed by atoms with Crippen molar-refractivity contribution in [3.05, 3.63) is 71.5 Å². The molecule has 0 N–H and O–H groups in total. The van der Waals surface area contributed by atoms with Crippen LogP contribution in [-0.2, 0) is 0 Å². The van der Waals surface area contributed by atoms with Gasteiger partial charge in [-0.1, -0.05) is 30.3 Å². The molecule has 0 atom stereocenters. The Morgan fingerprint density at radius 3 is 2.45 bits per heavy atom. The summed E-state index contributed by atoms with van der Waals surface area (Å²) in [4.78, 5) is 4.27. The Hall–Kier alpha value is -2.13. The van der Waals surface area contributed by atoms with Gasteiger partial charge in [0.25, 0.3) is 0 Å². The van der Waals surface area contributed by atoms with E-state index in [0.29, 0.717) is 0 Å². The Kier molecular flexibility index (Phi) is 2.60. The highest BCUT2D eigenvalue weighted by Crippen LogP contribution is 2.33. The molecule has 2 heterocycles. The maximum Gasteiger partial charge on any atom is 0.0604 e. The van der Waals surface area contributed by atoms with Crippen LogP contribution in [-0.4, -0.2) is 9.55 Å². The molecular formula is C17H11BrN2. The second kappa shape index (κ2) is 4.46. The molecule has 2 aromatic heterocycles. The van der Waals surface area contributed by atoms with Crippen LogP contribution in [0.1, 0.15) is 0 Å². The van der Waals surface area contributed by atoms with Crippen molar-refractivity contribution in [3.8, 4) is 5.69 Å². The molecule has 0 bridgehead atoms. The molecule has 0 spiro atoms. The molecule has 0 fully saturated rings. The van der Waals surface area contributed by atoms with E-state index in [1.54, 1.807) is 0 Å². The van der Waals surface area contributed by atoms with Gasteiger partial charge in [0.15, 0.2) is 0 Å². The van der Waals surface area contributed by atoms with Crippen molar-refractivity contribution in [2.24, 2.45) is 0 Å². The molecule has 0 unspecified atom stereocenters. The Morgan fingerprint density at radius 1 is 0.800 bits per heavy atom. The van der Waals surface area contributed by atoms with Crippen LogP contribution in [0.3, 0.4) is 0 Å². The highest BCUT2D eigenvalue weighted by molar-refractivity contribution is 9.10. The molecular weight excluding hydrogens is 312 g/mol. The number of benzene rings is 2. The van der Waals surface area contributed by atoms with E-state index in [4.69, 9.17) is 0 Å². The Balaban J connectivity index is 2.24. The summed E-state index contributed by atoms with van der Waals surface area (Å²) in [6.07, 6.45) is 3.78. The predicted octanol–water partition coefficient (Wildman–Crippen LogP) is 4.94. The van der Waals surface area contributed by atoms with Crippen molar-refractivity contribution in [1.29, 1.82) is 0 Å². The summed E-state index contributed by atoms with van der Waals surface area (Å²) in [6, 6.07) is 18.8. The van der Waals surface area contributed by atoms with Crippen molar-refractivity contribution in [2.45, 2.75) is 0 Å². The molecule has 4 aromatic rings. The smallest absolute Gasteiger partial charge is 0.0604 e. The van der Waals surface area contributed by atoms with Gasteiger partial charge in [-0.15, -0.1) is 0 Å². The van der Waals surface area contributed by atoms with E-state index in [0.717, 1.165) is 10.2 Å². The minimum atomic E-state index is 1.08. The van der Waals surface area contributed by atoms with Crippen LogP contribution in [0, 0.1) is 0 Å². The van der Waals surface area contributed by atoms with E-state index in [2.05, 4.69) is 74.0 Å². The molecule has 0 saturated carbocycles. The summed E-state index contributed by atoms with van der Waals surface area (Å²) >= 11 is 3.65. The van der Waals surface area contributed by atoms with Crippen LogP contribution in [0.2, 0.25) is 0 Å². The van der Waals surface area contributed by atoms with Crippen molar-refractivity contribution >= 4 is 37.7 Å². The number of nitrogens with zero attached hydrogens (tertiary/aromatic N) is 2. The third-order valence-electron chi connectivity index (χ3n) is 3.57. The summed E-state index contributed by atoms with van der Waals surface area (Å²) in [6.45, 7) is 0. The first kappa shape index (κ1) is 11.7. The lowest BCUT2D eigenvalue weighted by atomic mass is 10.2. The number of fused-ring (bicyclic) bond motifs is 3. The van der Waals surface area contributed by atoms with Crippen LogP contribution in [0.15, 0.2) is 71.5 Å². The molecule has 3 heteroatoms. The molecule has 2 aromatic carbocycles. The number of pyridine rings is 1. The number of aromatic nitrogens is 2. The average Bonchev–Trinajstić information content (AvgIpc) is 2.83. The maximum absolute atomic E-state index is 4.27. The van der Waals surface area contributed by atoms with Crippen molar-refractivity contribution in [3.63, 3.8) is 0 Å². The standard InChI is InChI=1S/C17H11BrN2/c18-14-6-2-4-8-17(14)20-15-7-3-1-5-12(15)13-11-19-10-9-16(13)20/h1-11H. The van der Waals surface area contributed by atoms with Gasteiger partial charge in [0.1, 0.15) is 0 Å². The largest absolute Gasteiger partial charge is 0.308 e. The van der Waals surface area contributed by atoms with E-state index in [1.165, 1.54) is 21.8 Å². The van der Waals surface area contributed by atoms with E-state index >= 15 is 0 Å². The average molecular weight is 323 g/mol. The number of halogens is 1. The first-order valence-corrected chi connectivity index (χ1v) is 7.23. The number of para-hydroxylation sites is 2. The molecule has 4 rings (SSSR count). The van der Waals surface area contributed by atoms with Gasteiger partial charge in [-0.3, -0.25) is 4.98 Å². The molecule has 0 aliphatic rings. The van der Waals surface area contributed by atoms with E-state index < -0.39 is 0 Å². The number of hydrogen-bond donors (Lipinski definition) is 0. The molecule has 96 valence electrons. The van der Waals surface area contributed by atoms with Crippen molar-refractivity contribution in [2.75, 3.05) is 0 Å². The fourth-order valence-electron chi connectivity index (χ4n) is 2.71. The topological polar surface area (TPSA) is 17.8 Å². The predicted molar refractivity (Wildman–Crippen MR) is 86.3 cm³/mol. The monoisotopic (exact) mass is 322 g/mol. The normalized spacial score (nSPS) is 11.2. The van der Waals surface area contributed by atoms with E-state index in [1.807, 2.05) is 18.5 Å². The summed E-state index contributed by atoms with van der Waals surface area (Å²) in [5.41, 5.74) is 3.51. The summed E-state index contributed by atoms with van der Waals surface area (Å²) in [5, 5.41) is 2.41. The summed E-state index contributed by atoms with van der Waals surface area (Å²) in [7, 11) is 0. The number of hydrogen-bond acceptors (Lipinski definition) is 1. The maximum atomic E-state index is 4.27. The van der Waals surface area contributed by atoms with Crippen LogP contribution in [0.4, 0.5) is 0 Å². The van der Waals surface area contributed by atoms with Crippen molar-refractivity contribution < 1.29 is 0 Å². The number of rotatable bonds is 1. The molecule has 2 nitrogen and oxygen atoms in total. The SMILES string of the molecule is Brc1ccccc1-n1c2ccccc2c2cnccc21. The van der Waals surface area contributed by atoms with E-state index in [9.17, 15) is 0 Å². The first-order valence-electron chi connectivity index (χ1n) is 6.44. The van der Waals surface area contributed by atoms with Gasteiger partial charge >= 0.3 is 0 Å². The third kappa shape index (κ3) is 1.60. The first-order chi connectivity index (χ1) is 9.86. The second-order valence-corrected chi connectivity index (χ2v) is 5.55. The fraction of sp³-hybridized carbons (Fsp3) is 0. The molecule has 0 amide bonds. The highest BCUT2D eigenvalue weighted by atomic mass is 79.9. The summed E-state index contributed by atoms with van der Waals surface area (Å²) in [5.74, 6) is 0. The molecule has 0 radical (unpaired) electrons. The zero-order chi connectivity index (χ0) is 13.5. The lowest BCUT2D eigenvalue weighted by Crippen LogP contribution is -1.94. The van der Waals surface area contributed by atoms with Gasteiger partial charge in [0.2, 0.25) is 0 Å². The van der Waals surface area contributed by atoms with Crippen LogP contribution >= 0.6 is 15.9 Å². The van der Waals surface area contributed by atoms with Gasteiger partial charge in [-0.2, -0.15) is 0 Å². The molecule has 0 saturated heterocycles. The highest BCUT2D eigenvalue weighted by Gasteiger charge is 2.12. The Bertz CT molecular complexity index is 871. The lowest BCUT2D eigenvalue weighted by Gasteiger charge is -2.09. The van der Waals surface area contributed by atoms with Gasteiger partial charge in [0, 0.05) is 27.6 Å². The second-order valence-electron chi connectivity index (χ2n) is 4.70. The van der Waals surface area contributed by atoms with Crippen LogP contribution in [0.5, 0.6) is 0 Å². The summed E-state index contributed by atoms with van der Waals surface area (Å²) < 4.78 is 3.36. The van der Waals surface area contributed by atoms with Gasteiger partial charge in [-0.25, -0.2) is 0 Å². The van der Waals surface area contributed by atoms with E-state index in [-0.39, 0.29) is 0 Å². The van der Waals surface area contributed by atoms with Gasteiger partial charge in [-0.05, 0) is 40.2 Å². The van der Waals surface area contributed by atoms with Crippen molar-refractivity contribution in [1.82, 2.24) is 9.55 Å². The zero-order valence-corrected chi connectivity index (χ0v) is 12.2. The zero-order valence-electron chi connectivity index (χ0n) is 10.6. The molecule has 0 aliphatic carbocycles. The van der Waals surface area contributed by atoms with Gasteiger partial charge in [0.05, 0.1) is 16.7 Å². The Labute approximate surface area is 124 Å². The third-order valence-corrected chi connectivity index (χ3v) is 4.24. The Morgan fingerprint density at radius 2 is 1.55 bits per heavy atom. The van der Waals surface area contributed by atoms with Crippen LogP contribution in [0.25, 0.3) is 27.5 Å². The molecule has 0 aliphatic heterocycles. The quantitative estimate of drug-likeness (QED) is 0.485. The minimum absolute atomic E-state index is 1.08. The lowest BCUT2D eigenvalue weighted by molar-refractivity contribution is 1.16.